The second-order valence-electron chi connectivity index (χ2n) is 4.54. The summed E-state index contributed by atoms with van der Waals surface area (Å²) in [6.45, 7) is 2.91. The third-order valence-electron chi connectivity index (χ3n) is 2.93. The zero-order chi connectivity index (χ0) is 15.1. The van der Waals surface area contributed by atoms with E-state index in [1.807, 2.05) is 0 Å². The summed E-state index contributed by atoms with van der Waals surface area (Å²) in [7, 11) is 1.61. The van der Waals surface area contributed by atoms with E-state index in [0.717, 1.165) is 24.4 Å². The number of hydrogen-bond donors (Lipinski definition) is 2. The highest BCUT2D eigenvalue weighted by molar-refractivity contribution is 6.04. The number of aromatic nitrogens is 1. The Bertz CT molecular complexity index is 597. The third kappa shape index (κ3) is 4.21. The molecule has 1 aromatic heterocycles. The van der Waals surface area contributed by atoms with E-state index in [4.69, 9.17) is 4.74 Å². The molecule has 0 bridgehead atoms. The molecule has 1 aromatic carbocycles. The van der Waals surface area contributed by atoms with Crippen molar-refractivity contribution in [1.82, 2.24) is 4.98 Å². The lowest BCUT2D eigenvalue weighted by Crippen LogP contribution is -2.13. The second kappa shape index (κ2) is 7.28. The number of nitrogens with one attached hydrogen (secondary N) is 2. The second-order valence-corrected chi connectivity index (χ2v) is 4.54. The lowest BCUT2D eigenvalue weighted by molar-refractivity contribution is 0.102. The van der Waals surface area contributed by atoms with Crippen LogP contribution < -0.4 is 15.4 Å². The van der Waals surface area contributed by atoms with Crippen molar-refractivity contribution in [2.45, 2.75) is 13.3 Å². The number of carbonyl (C=O) groups excluding carboxylic acids is 1. The number of anilines is 2. The molecule has 0 saturated carbocycles. The summed E-state index contributed by atoms with van der Waals surface area (Å²) in [6.07, 6.45) is 2.63. The van der Waals surface area contributed by atoms with E-state index >= 15 is 0 Å². The van der Waals surface area contributed by atoms with Crippen molar-refractivity contribution < 1.29 is 9.53 Å². The molecule has 0 spiro atoms. The van der Waals surface area contributed by atoms with Gasteiger partial charge >= 0.3 is 0 Å². The Morgan fingerprint density at radius 1 is 1.24 bits per heavy atom. The van der Waals surface area contributed by atoms with E-state index in [1.165, 1.54) is 0 Å². The van der Waals surface area contributed by atoms with Gasteiger partial charge in [-0.1, -0.05) is 6.92 Å². The van der Waals surface area contributed by atoms with Gasteiger partial charge in [-0.3, -0.25) is 4.79 Å². The average Bonchev–Trinajstić information content (AvgIpc) is 2.54. The number of ether oxygens (including phenoxy) is 1. The quantitative estimate of drug-likeness (QED) is 0.855. The lowest BCUT2D eigenvalue weighted by Gasteiger charge is -2.08. The molecule has 0 radical (unpaired) electrons. The van der Waals surface area contributed by atoms with Crippen molar-refractivity contribution in [2.24, 2.45) is 0 Å². The zero-order valence-electron chi connectivity index (χ0n) is 12.2. The number of amides is 1. The first-order valence-corrected chi connectivity index (χ1v) is 6.88. The largest absolute Gasteiger partial charge is 0.497 e. The summed E-state index contributed by atoms with van der Waals surface area (Å²) in [5, 5.41) is 6.00. The predicted octanol–water partition coefficient (Wildman–Crippen LogP) is 3.16. The maximum atomic E-state index is 12.2. The molecule has 21 heavy (non-hydrogen) atoms. The molecule has 110 valence electrons. The lowest BCUT2D eigenvalue weighted by atomic mass is 10.2. The van der Waals surface area contributed by atoms with Gasteiger partial charge in [-0.25, -0.2) is 4.98 Å². The molecule has 2 N–H and O–H groups in total. The monoisotopic (exact) mass is 285 g/mol. The summed E-state index contributed by atoms with van der Waals surface area (Å²) in [6, 6.07) is 10.6. The van der Waals surface area contributed by atoms with Gasteiger partial charge in [0.15, 0.2) is 0 Å². The van der Waals surface area contributed by atoms with Crippen LogP contribution in [0.15, 0.2) is 42.6 Å². The van der Waals surface area contributed by atoms with E-state index in [-0.39, 0.29) is 5.91 Å². The van der Waals surface area contributed by atoms with E-state index in [9.17, 15) is 4.79 Å². The molecule has 2 rings (SSSR count). The first-order chi connectivity index (χ1) is 10.2. The van der Waals surface area contributed by atoms with Crippen LogP contribution in [-0.4, -0.2) is 24.5 Å². The van der Waals surface area contributed by atoms with Crippen molar-refractivity contribution in [3.63, 3.8) is 0 Å². The maximum Gasteiger partial charge on any atom is 0.255 e. The SMILES string of the molecule is CCCNc1cc(C(=O)Nc2ccc(OC)cc2)ccn1. The first-order valence-electron chi connectivity index (χ1n) is 6.88. The van der Waals surface area contributed by atoms with Crippen LogP contribution in [0.5, 0.6) is 5.75 Å². The van der Waals surface area contributed by atoms with Gasteiger partial charge < -0.3 is 15.4 Å². The topological polar surface area (TPSA) is 63.2 Å². The Balaban J connectivity index is 2.05. The summed E-state index contributed by atoms with van der Waals surface area (Å²) in [5.74, 6) is 1.30. The molecule has 0 aliphatic carbocycles. The average molecular weight is 285 g/mol. The number of nitrogens with zero attached hydrogens (tertiary/aromatic N) is 1. The summed E-state index contributed by atoms with van der Waals surface area (Å²) in [4.78, 5) is 16.4. The highest BCUT2D eigenvalue weighted by atomic mass is 16.5. The molecule has 5 nitrogen and oxygen atoms in total. The molecule has 0 aliphatic rings. The van der Waals surface area contributed by atoms with E-state index in [2.05, 4.69) is 22.5 Å². The molecule has 2 aromatic rings. The van der Waals surface area contributed by atoms with Gasteiger partial charge in [0.05, 0.1) is 7.11 Å². The zero-order valence-corrected chi connectivity index (χ0v) is 12.2. The minimum Gasteiger partial charge on any atom is -0.497 e. The number of methoxy groups -OCH3 is 1. The molecule has 0 aliphatic heterocycles. The molecule has 0 unspecified atom stereocenters. The molecule has 0 saturated heterocycles. The predicted molar refractivity (Wildman–Crippen MR) is 84.0 cm³/mol. The first kappa shape index (κ1) is 14.8. The highest BCUT2D eigenvalue weighted by Crippen LogP contribution is 2.16. The Morgan fingerprint density at radius 3 is 2.67 bits per heavy atom. The van der Waals surface area contributed by atoms with Gasteiger partial charge in [0.1, 0.15) is 11.6 Å². The Hall–Kier alpha value is -2.56. The molecule has 0 fully saturated rings. The molecule has 1 heterocycles. The van der Waals surface area contributed by atoms with Crippen LogP contribution in [0.2, 0.25) is 0 Å². The van der Waals surface area contributed by atoms with E-state index < -0.39 is 0 Å². The number of rotatable bonds is 6. The van der Waals surface area contributed by atoms with Gasteiger partial charge in [0.2, 0.25) is 0 Å². The Morgan fingerprint density at radius 2 is 2.00 bits per heavy atom. The Labute approximate surface area is 124 Å². The van der Waals surface area contributed by atoms with Crippen LogP contribution in [0.3, 0.4) is 0 Å². The van der Waals surface area contributed by atoms with Crippen molar-refractivity contribution in [3.05, 3.63) is 48.2 Å². The number of pyridine rings is 1. The summed E-state index contributed by atoms with van der Waals surface area (Å²) in [5.41, 5.74) is 1.29. The Kier molecular flexibility index (Phi) is 5.15. The van der Waals surface area contributed by atoms with Crippen LogP contribution in [0.4, 0.5) is 11.5 Å². The van der Waals surface area contributed by atoms with Gasteiger partial charge in [0.25, 0.3) is 5.91 Å². The fourth-order valence-electron chi connectivity index (χ4n) is 1.80. The van der Waals surface area contributed by atoms with Crippen molar-refractivity contribution in [3.8, 4) is 5.75 Å². The van der Waals surface area contributed by atoms with Gasteiger partial charge in [0, 0.05) is 24.0 Å². The normalized spacial score (nSPS) is 10.0. The minimum atomic E-state index is -0.165. The smallest absolute Gasteiger partial charge is 0.255 e. The fraction of sp³-hybridized carbons (Fsp3) is 0.250. The molecule has 0 atom stereocenters. The standard InChI is InChI=1S/C16H19N3O2/c1-3-9-17-15-11-12(8-10-18-15)16(20)19-13-4-6-14(21-2)7-5-13/h4-8,10-11H,3,9H2,1-2H3,(H,17,18)(H,19,20). The van der Waals surface area contributed by atoms with Crippen molar-refractivity contribution in [1.29, 1.82) is 0 Å². The van der Waals surface area contributed by atoms with Crippen LogP contribution in [0.1, 0.15) is 23.7 Å². The highest BCUT2D eigenvalue weighted by Gasteiger charge is 2.07. The van der Waals surface area contributed by atoms with Crippen LogP contribution >= 0.6 is 0 Å². The van der Waals surface area contributed by atoms with Crippen LogP contribution in [-0.2, 0) is 0 Å². The fourth-order valence-corrected chi connectivity index (χ4v) is 1.80. The van der Waals surface area contributed by atoms with Crippen molar-refractivity contribution in [2.75, 3.05) is 24.3 Å². The molecular weight excluding hydrogens is 266 g/mol. The van der Waals surface area contributed by atoms with Crippen molar-refractivity contribution >= 4 is 17.4 Å². The summed E-state index contributed by atoms with van der Waals surface area (Å²) >= 11 is 0. The molecular formula is C16H19N3O2. The van der Waals surface area contributed by atoms with Gasteiger partial charge in [-0.15, -0.1) is 0 Å². The van der Waals surface area contributed by atoms with Crippen LogP contribution in [0.25, 0.3) is 0 Å². The third-order valence-corrected chi connectivity index (χ3v) is 2.93. The van der Waals surface area contributed by atoms with E-state index in [1.54, 1.807) is 49.7 Å². The van der Waals surface area contributed by atoms with E-state index in [0.29, 0.717) is 11.4 Å². The number of carbonyl (C=O) groups is 1. The number of hydrogen-bond acceptors (Lipinski definition) is 4. The van der Waals surface area contributed by atoms with Gasteiger partial charge in [-0.2, -0.15) is 0 Å². The van der Waals surface area contributed by atoms with Gasteiger partial charge in [-0.05, 0) is 42.8 Å². The minimum absolute atomic E-state index is 0.165. The van der Waals surface area contributed by atoms with Crippen LogP contribution in [0, 0.1) is 0 Å². The maximum absolute atomic E-state index is 12.2. The molecule has 5 heteroatoms. The molecule has 1 amide bonds. The summed E-state index contributed by atoms with van der Waals surface area (Å²) < 4.78 is 5.08. The number of benzene rings is 1.